The molecule has 1 aromatic rings. The highest BCUT2D eigenvalue weighted by molar-refractivity contribution is 6.15. The molecule has 0 saturated carbocycles. The fraction of sp³-hybridized carbons (Fsp3) is 0.474. The van der Waals surface area contributed by atoms with Crippen LogP contribution in [0.15, 0.2) is 29.8 Å². The van der Waals surface area contributed by atoms with Crippen LogP contribution in [0.4, 0.5) is 13.2 Å². The molecule has 3 N–H and O–H groups in total. The van der Waals surface area contributed by atoms with Crippen LogP contribution in [0.3, 0.4) is 0 Å². The average Bonchev–Trinajstić information content (AvgIpc) is 2.88. The minimum atomic E-state index is -4.43. The molecule has 1 saturated heterocycles. The minimum Gasteiger partial charge on any atom is -0.373 e. The van der Waals surface area contributed by atoms with E-state index in [0.717, 1.165) is 36.3 Å². The van der Waals surface area contributed by atoms with E-state index in [0.29, 0.717) is 18.5 Å². The first-order chi connectivity index (χ1) is 12.7. The Bertz CT molecular complexity index is 699. The number of aliphatic hydroxyl groups is 1. The predicted octanol–water partition coefficient (Wildman–Crippen LogP) is 3.08. The lowest BCUT2D eigenvalue weighted by molar-refractivity contribution is -0.149. The molecule has 1 aliphatic rings. The van der Waals surface area contributed by atoms with Gasteiger partial charge in [0.2, 0.25) is 5.91 Å². The highest BCUT2D eigenvalue weighted by atomic mass is 19.4. The number of nitrogens with zero attached hydrogens (tertiary/aromatic N) is 1. The van der Waals surface area contributed by atoms with Gasteiger partial charge in [0, 0.05) is 5.57 Å². The Balaban J connectivity index is 2.01. The number of hydrogen-bond acceptors (Lipinski definition) is 4. The fourth-order valence-corrected chi connectivity index (χ4v) is 2.93. The number of likely N-dealkylation sites (tertiary alicyclic amines) is 1. The van der Waals surface area contributed by atoms with Crippen LogP contribution in [-0.4, -0.2) is 34.6 Å². The maximum absolute atomic E-state index is 12.6. The third-order valence-corrected chi connectivity index (χ3v) is 4.40. The highest BCUT2D eigenvalue weighted by Gasteiger charge is 2.37. The van der Waals surface area contributed by atoms with Gasteiger partial charge in [0.05, 0.1) is 12.0 Å². The van der Waals surface area contributed by atoms with Crippen LogP contribution in [0, 0.1) is 0 Å². The van der Waals surface area contributed by atoms with E-state index < -0.39 is 29.8 Å². The van der Waals surface area contributed by atoms with Gasteiger partial charge in [0.25, 0.3) is 5.91 Å². The second kappa shape index (κ2) is 9.14. The second-order valence-electron chi connectivity index (χ2n) is 6.51. The third kappa shape index (κ3) is 5.64. The SMILES string of the molecule is NCCCCCCC(O)N1C(=O)C/C(=C\c2ccc(C(F)(F)F)cc2)C1=O. The number of alkyl halides is 3. The van der Waals surface area contributed by atoms with Gasteiger partial charge < -0.3 is 10.8 Å². The van der Waals surface area contributed by atoms with Crippen LogP contribution in [0.2, 0.25) is 0 Å². The molecule has 2 rings (SSSR count). The maximum Gasteiger partial charge on any atom is 0.416 e. The Hall–Kier alpha value is -2.19. The largest absolute Gasteiger partial charge is 0.416 e. The lowest BCUT2D eigenvalue weighted by Crippen LogP contribution is -2.39. The molecule has 0 aliphatic carbocycles. The lowest BCUT2D eigenvalue weighted by atomic mass is 10.1. The van der Waals surface area contributed by atoms with Gasteiger partial charge >= 0.3 is 6.18 Å². The van der Waals surface area contributed by atoms with Gasteiger partial charge in [-0.15, -0.1) is 0 Å². The molecule has 8 heteroatoms. The minimum absolute atomic E-state index is 0.155. The zero-order chi connectivity index (χ0) is 20.0. The number of unbranched alkanes of at least 4 members (excludes halogenated alkanes) is 3. The topological polar surface area (TPSA) is 83.6 Å². The van der Waals surface area contributed by atoms with Crippen molar-refractivity contribution in [2.75, 3.05) is 6.54 Å². The molecule has 1 aliphatic heterocycles. The molecule has 1 unspecified atom stereocenters. The van der Waals surface area contributed by atoms with Crippen molar-refractivity contribution in [3.63, 3.8) is 0 Å². The van der Waals surface area contributed by atoms with Crippen LogP contribution in [-0.2, 0) is 15.8 Å². The van der Waals surface area contributed by atoms with Gasteiger partial charge in [-0.25, -0.2) is 0 Å². The summed E-state index contributed by atoms with van der Waals surface area (Å²) in [6.45, 7) is 0.601. The quantitative estimate of drug-likeness (QED) is 0.410. The van der Waals surface area contributed by atoms with E-state index in [9.17, 15) is 27.9 Å². The number of imide groups is 1. The van der Waals surface area contributed by atoms with Gasteiger partial charge in [-0.05, 0) is 49.6 Å². The average molecular weight is 384 g/mol. The second-order valence-corrected chi connectivity index (χ2v) is 6.51. The van der Waals surface area contributed by atoms with Gasteiger partial charge in [-0.1, -0.05) is 25.0 Å². The van der Waals surface area contributed by atoms with Crippen LogP contribution in [0.25, 0.3) is 6.08 Å². The summed E-state index contributed by atoms with van der Waals surface area (Å²) in [6, 6.07) is 4.32. The first-order valence-electron chi connectivity index (χ1n) is 8.86. The molecule has 0 spiro atoms. The maximum atomic E-state index is 12.6. The standard InChI is InChI=1S/C19H23F3N2O3/c20-19(21,22)15-8-6-13(7-9-15)11-14-12-17(26)24(18(14)27)16(25)5-3-1-2-4-10-23/h6-9,11,16,25H,1-5,10,12,23H2/b14-11+. The van der Waals surface area contributed by atoms with E-state index in [1.54, 1.807) is 0 Å². The summed E-state index contributed by atoms with van der Waals surface area (Å²) in [4.78, 5) is 25.3. The smallest absolute Gasteiger partial charge is 0.373 e. The van der Waals surface area contributed by atoms with Crippen molar-refractivity contribution in [2.24, 2.45) is 5.73 Å². The molecule has 5 nitrogen and oxygen atoms in total. The molecule has 1 aromatic carbocycles. The number of rotatable bonds is 8. The number of hydrogen-bond donors (Lipinski definition) is 2. The van der Waals surface area contributed by atoms with E-state index in [4.69, 9.17) is 5.73 Å². The molecular formula is C19H23F3N2O3. The molecule has 0 aromatic heterocycles. The first-order valence-corrected chi connectivity index (χ1v) is 8.86. The summed E-state index contributed by atoms with van der Waals surface area (Å²) >= 11 is 0. The van der Waals surface area contributed by atoms with E-state index in [-0.39, 0.29) is 18.4 Å². The molecule has 2 amide bonds. The van der Waals surface area contributed by atoms with E-state index in [1.165, 1.54) is 18.2 Å². The number of nitrogens with two attached hydrogens (primary N) is 1. The van der Waals surface area contributed by atoms with Crippen molar-refractivity contribution in [3.8, 4) is 0 Å². The van der Waals surface area contributed by atoms with Crippen LogP contribution < -0.4 is 5.73 Å². The number of benzene rings is 1. The Morgan fingerprint density at radius 3 is 2.33 bits per heavy atom. The highest BCUT2D eigenvalue weighted by Crippen LogP contribution is 2.30. The zero-order valence-corrected chi connectivity index (χ0v) is 14.8. The number of amides is 2. The predicted molar refractivity (Wildman–Crippen MR) is 94.0 cm³/mol. The monoisotopic (exact) mass is 384 g/mol. The van der Waals surface area contributed by atoms with Crippen LogP contribution >= 0.6 is 0 Å². The molecule has 148 valence electrons. The Morgan fingerprint density at radius 2 is 1.74 bits per heavy atom. The summed E-state index contributed by atoms with van der Waals surface area (Å²) in [7, 11) is 0. The summed E-state index contributed by atoms with van der Waals surface area (Å²) in [5.41, 5.74) is 5.16. The molecule has 0 radical (unpaired) electrons. The molecule has 1 atom stereocenters. The number of halogens is 3. The fourth-order valence-electron chi connectivity index (χ4n) is 2.93. The van der Waals surface area contributed by atoms with Crippen molar-refractivity contribution in [3.05, 3.63) is 41.0 Å². The van der Waals surface area contributed by atoms with Crippen LogP contribution in [0.5, 0.6) is 0 Å². The molecule has 27 heavy (non-hydrogen) atoms. The third-order valence-electron chi connectivity index (χ3n) is 4.40. The van der Waals surface area contributed by atoms with Gasteiger partial charge in [-0.2, -0.15) is 13.2 Å². The van der Waals surface area contributed by atoms with Crippen molar-refractivity contribution in [1.82, 2.24) is 4.90 Å². The molecule has 1 fully saturated rings. The first kappa shape index (κ1) is 21.1. The summed E-state index contributed by atoms with van der Waals surface area (Å²) < 4.78 is 37.8. The normalized spacial score (nSPS) is 17.8. The summed E-state index contributed by atoms with van der Waals surface area (Å²) in [5.74, 6) is -1.11. The van der Waals surface area contributed by atoms with Gasteiger partial charge in [0.1, 0.15) is 6.23 Å². The Morgan fingerprint density at radius 1 is 1.11 bits per heavy atom. The van der Waals surface area contributed by atoms with E-state index in [2.05, 4.69) is 0 Å². The van der Waals surface area contributed by atoms with Gasteiger partial charge in [-0.3, -0.25) is 14.5 Å². The number of carbonyl (C=O) groups excluding carboxylic acids is 2. The van der Waals surface area contributed by atoms with Crippen molar-refractivity contribution >= 4 is 17.9 Å². The van der Waals surface area contributed by atoms with Crippen LogP contribution in [0.1, 0.15) is 49.7 Å². The van der Waals surface area contributed by atoms with Gasteiger partial charge in [0.15, 0.2) is 0 Å². The Labute approximate surface area is 155 Å². The Kier molecular flexibility index (Phi) is 7.15. The van der Waals surface area contributed by atoms with Crippen molar-refractivity contribution in [1.29, 1.82) is 0 Å². The molecule has 0 bridgehead atoms. The number of aliphatic hydroxyl groups excluding tert-OH is 1. The van der Waals surface area contributed by atoms with Crippen molar-refractivity contribution in [2.45, 2.75) is 50.9 Å². The zero-order valence-electron chi connectivity index (χ0n) is 14.8. The molecule has 1 heterocycles. The lowest BCUT2D eigenvalue weighted by Gasteiger charge is -2.20. The summed E-state index contributed by atoms with van der Waals surface area (Å²) in [5, 5.41) is 10.2. The van der Waals surface area contributed by atoms with Crippen molar-refractivity contribution < 1.29 is 27.9 Å². The summed E-state index contributed by atoms with van der Waals surface area (Å²) in [6.07, 6.45) is -0.817. The number of carbonyl (C=O) groups is 2. The van der Waals surface area contributed by atoms with E-state index >= 15 is 0 Å². The van der Waals surface area contributed by atoms with E-state index in [1.807, 2.05) is 0 Å². The molecular weight excluding hydrogens is 361 g/mol.